The average Bonchev–Trinajstić information content (AvgIpc) is 2.39. The van der Waals surface area contributed by atoms with E-state index in [4.69, 9.17) is 11.1 Å². The van der Waals surface area contributed by atoms with Gasteiger partial charge in [0.05, 0.1) is 0 Å². The molecule has 0 aliphatic heterocycles. The van der Waals surface area contributed by atoms with Crippen LogP contribution in [-0.4, -0.2) is 12.9 Å². The van der Waals surface area contributed by atoms with Crippen molar-refractivity contribution in [3.8, 4) is 0 Å². The van der Waals surface area contributed by atoms with E-state index in [-0.39, 0.29) is 11.7 Å². The van der Waals surface area contributed by atoms with Crippen LogP contribution in [0.3, 0.4) is 0 Å². The number of nitrogens with two attached hydrogens (primary N) is 1. The van der Waals surface area contributed by atoms with E-state index < -0.39 is 0 Å². The molecule has 4 heteroatoms. The molecule has 0 saturated carbocycles. The van der Waals surface area contributed by atoms with Gasteiger partial charge in [0.25, 0.3) is 0 Å². The Morgan fingerprint density at radius 1 is 1.14 bits per heavy atom. The number of hydrogen-bond donors (Lipinski definition) is 2. The zero-order valence-corrected chi connectivity index (χ0v) is 12.6. The first-order chi connectivity index (χ1) is 9.86. The Morgan fingerprint density at radius 2 is 1.76 bits per heavy atom. The highest BCUT2D eigenvalue weighted by Crippen LogP contribution is 2.20. The fourth-order valence-electron chi connectivity index (χ4n) is 2.36. The zero-order chi connectivity index (χ0) is 15.6. The van der Waals surface area contributed by atoms with Gasteiger partial charge >= 0.3 is 0 Å². The molecular weight excluding hydrogens is 265 g/mol. The molecule has 0 radical (unpaired) electrons. The van der Waals surface area contributed by atoms with Crippen LogP contribution in [0.1, 0.15) is 22.3 Å². The summed E-state index contributed by atoms with van der Waals surface area (Å²) in [6, 6.07) is 10.9. The standard InChI is InChI=1S/C17H20FN3/c1-11-6-12(2)8-15(7-11)21(3)10-14-5-4-13(17(19)20)9-16(14)18/h4-9H,10H2,1-3H3,(H3,19,20). The van der Waals surface area contributed by atoms with Gasteiger partial charge < -0.3 is 10.6 Å². The van der Waals surface area contributed by atoms with Crippen LogP contribution in [0.5, 0.6) is 0 Å². The first-order valence-corrected chi connectivity index (χ1v) is 6.79. The van der Waals surface area contributed by atoms with Crippen molar-refractivity contribution >= 4 is 11.5 Å². The van der Waals surface area contributed by atoms with Crippen molar-refractivity contribution in [1.82, 2.24) is 0 Å². The number of rotatable bonds is 4. The Morgan fingerprint density at radius 3 is 2.29 bits per heavy atom. The molecule has 3 nitrogen and oxygen atoms in total. The molecule has 0 unspecified atom stereocenters. The third kappa shape index (κ3) is 3.60. The Bertz CT molecular complexity index is 659. The van der Waals surface area contributed by atoms with Crippen molar-refractivity contribution in [3.63, 3.8) is 0 Å². The van der Waals surface area contributed by atoms with E-state index in [9.17, 15) is 4.39 Å². The van der Waals surface area contributed by atoms with E-state index in [2.05, 4.69) is 18.2 Å². The third-order valence-electron chi connectivity index (χ3n) is 3.42. The lowest BCUT2D eigenvalue weighted by molar-refractivity contribution is 0.607. The van der Waals surface area contributed by atoms with Crippen LogP contribution in [0, 0.1) is 25.1 Å². The van der Waals surface area contributed by atoms with Gasteiger partial charge in [0.15, 0.2) is 0 Å². The molecular formula is C17H20FN3. The van der Waals surface area contributed by atoms with E-state index in [1.807, 2.05) is 25.8 Å². The molecule has 0 fully saturated rings. The minimum absolute atomic E-state index is 0.122. The zero-order valence-electron chi connectivity index (χ0n) is 12.6. The average molecular weight is 285 g/mol. The molecule has 2 aromatic carbocycles. The lowest BCUT2D eigenvalue weighted by Gasteiger charge is -2.21. The van der Waals surface area contributed by atoms with Crippen molar-refractivity contribution < 1.29 is 4.39 Å². The van der Waals surface area contributed by atoms with Gasteiger partial charge in [-0.2, -0.15) is 0 Å². The highest BCUT2D eigenvalue weighted by molar-refractivity contribution is 5.94. The summed E-state index contributed by atoms with van der Waals surface area (Å²) in [6.45, 7) is 4.56. The number of nitrogens with one attached hydrogen (secondary N) is 1. The smallest absolute Gasteiger partial charge is 0.128 e. The van der Waals surface area contributed by atoms with Gasteiger partial charge in [-0.3, -0.25) is 5.41 Å². The number of benzene rings is 2. The van der Waals surface area contributed by atoms with Gasteiger partial charge in [-0.25, -0.2) is 4.39 Å². The molecule has 2 rings (SSSR count). The maximum atomic E-state index is 14.1. The van der Waals surface area contributed by atoms with Crippen molar-refractivity contribution in [2.24, 2.45) is 5.73 Å². The molecule has 0 heterocycles. The number of aryl methyl sites for hydroxylation is 2. The lowest BCUT2D eigenvalue weighted by Crippen LogP contribution is -2.18. The molecule has 0 saturated heterocycles. The Kier molecular flexibility index (Phi) is 4.26. The van der Waals surface area contributed by atoms with Crippen LogP contribution in [0.25, 0.3) is 0 Å². The van der Waals surface area contributed by atoms with Gasteiger partial charge in [0.2, 0.25) is 0 Å². The highest BCUT2D eigenvalue weighted by atomic mass is 19.1. The fraction of sp³-hybridized carbons (Fsp3) is 0.235. The monoisotopic (exact) mass is 285 g/mol. The first-order valence-electron chi connectivity index (χ1n) is 6.79. The number of anilines is 1. The van der Waals surface area contributed by atoms with Gasteiger partial charge in [-0.1, -0.05) is 18.2 Å². The summed E-state index contributed by atoms with van der Waals surface area (Å²) in [5, 5.41) is 7.33. The first kappa shape index (κ1) is 15.0. The maximum Gasteiger partial charge on any atom is 0.128 e. The Balaban J connectivity index is 2.23. The summed E-state index contributed by atoms with van der Waals surface area (Å²) in [6.07, 6.45) is 0. The lowest BCUT2D eigenvalue weighted by atomic mass is 10.1. The second-order valence-electron chi connectivity index (χ2n) is 5.42. The highest BCUT2D eigenvalue weighted by Gasteiger charge is 2.09. The molecule has 0 aliphatic rings. The van der Waals surface area contributed by atoms with Gasteiger partial charge in [0.1, 0.15) is 11.7 Å². The topological polar surface area (TPSA) is 53.1 Å². The van der Waals surface area contributed by atoms with E-state index >= 15 is 0 Å². The predicted octanol–water partition coefficient (Wildman–Crippen LogP) is 3.36. The van der Waals surface area contributed by atoms with Crippen molar-refractivity contribution in [2.45, 2.75) is 20.4 Å². The maximum absolute atomic E-state index is 14.1. The number of hydrogen-bond acceptors (Lipinski definition) is 2. The second kappa shape index (κ2) is 5.95. The molecule has 21 heavy (non-hydrogen) atoms. The second-order valence-corrected chi connectivity index (χ2v) is 5.42. The van der Waals surface area contributed by atoms with Crippen molar-refractivity contribution in [2.75, 3.05) is 11.9 Å². The minimum atomic E-state index is -0.334. The molecule has 0 aromatic heterocycles. The quantitative estimate of drug-likeness (QED) is 0.668. The molecule has 2 aromatic rings. The number of nitrogen functional groups attached to an aromatic ring is 1. The van der Waals surface area contributed by atoms with Crippen molar-refractivity contribution in [3.05, 3.63) is 64.5 Å². The molecule has 0 amide bonds. The van der Waals surface area contributed by atoms with Gasteiger partial charge in [-0.05, 0) is 43.2 Å². The van der Waals surface area contributed by atoms with E-state index in [1.54, 1.807) is 12.1 Å². The van der Waals surface area contributed by atoms with Crippen molar-refractivity contribution in [1.29, 1.82) is 5.41 Å². The number of nitrogens with zero attached hydrogens (tertiary/aromatic N) is 1. The minimum Gasteiger partial charge on any atom is -0.384 e. The van der Waals surface area contributed by atoms with Crippen LogP contribution in [0.4, 0.5) is 10.1 Å². The normalized spacial score (nSPS) is 10.5. The molecule has 0 aliphatic carbocycles. The van der Waals surface area contributed by atoms with Crippen LogP contribution in [0.2, 0.25) is 0 Å². The van der Waals surface area contributed by atoms with E-state index in [0.29, 0.717) is 17.7 Å². The summed E-state index contributed by atoms with van der Waals surface area (Å²) in [5.74, 6) is -0.456. The predicted molar refractivity (Wildman–Crippen MR) is 85.4 cm³/mol. The SMILES string of the molecule is Cc1cc(C)cc(N(C)Cc2ccc(C(=N)N)cc2F)c1. The van der Waals surface area contributed by atoms with E-state index in [0.717, 1.165) is 5.69 Å². The van der Waals surface area contributed by atoms with Crippen LogP contribution < -0.4 is 10.6 Å². The van der Waals surface area contributed by atoms with Gasteiger partial charge in [0, 0.05) is 30.4 Å². The number of halogens is 1. The summed E-state index contributed by atoms with van der Waals surface area (Å²) in [4.78, 5) is 2.01. The molecule has 3 N–H and O–H groups in total. The Hall–Kier alpha value is -2.36. The summed E-state index contributed by atoms with van der Waals surface area (Å²) < 4.78 is 14.1. The summed E-state index contributed by atoms with van der Waals surface area (Å²) in [5.41, 5.74) is 9.78. The third-order valence-corrected chi connectivity index (χ3v) is 3.42. The van der Waals surface area contributed by atoms with Crippen LogP contribution >= 0.6 is 0 Å². The summed E-state index contributed by atoms with van der Waals surface area (Å²) >= 11 is 0. The fourth-order valence-corrected chi connectivity index (χ4v) is 2.36. The molecule has 0 atom stereocenters. The summed E-state index contributed by atoms with van der Waals surface area (Å²) in [7, 11) is 1.94. The van der Waals surface area contributed by atoms with Crippen LogP contribution in [-0.2, 0) is 6.54 Å². The van der Waals surface area contributed by atoms with Crippen LogP contribution in [0.15, 0.2) is 36.4 Å². The molecule has 0 bridgehead atoms. The largest absolute Gasteiger partial charge is 0.384 e. The molecule has 0 spiro atoms. The Labute approximate surface area is 124 Å². The van der Waals surface area contributed by atoms with E-state index in [1.165, 1.54) is 17.2 Å². The van der Waals surface area contributed by atoms with Gasteiger partial charge in [-0.15, -0.1) is 0 Å². The molecule has 110 valence electrons. The number of amidine groups is 1.